The molecule has 0 fully saturated rings. The van der Waals surface area contributed by atoms with Crippen LogP contribution in [0.1, 0.15) is 5.56 Å². The first-order valence-electron chi connectivity index (χ1n) is 5.43. The van der Waals surface area contributed by atoms with Crippen molar-refractivity contribution >= 4 is 30.1 Å². The molecule has 0 spiro atoms. The van der Waals surface area contributed by atoms with Gasteiger partial charge in [-0.15, -0.1) is 24.2 Å². The lowest BCUT2D eigenvalue weighted by molar-refractivity contribution is -0.138. The number of methoxy groups -OCH3 is 1. The number of carboxylic acids is 1. The molecule has 1 N–H and O–H groups in total. The molecule has 100 valence electrons. The van der Waals surface area contributed by atoms with Gasteiger partial charge in [0.2, 0.25) is 0 Å². The van der Waals surface area contributed by atoms with Crippen LogP contribution >= 0.6 is 24.2 Å². The van der Waals surface area contributed by atoms with Gasteiger partial charge in [0.05, 0.1) is 13.7 Å². The molecule has 0 aliphatic carbocycles. The van der Waals surface area contributed by atoms with Crippen LogP contribution in [0, 0.1) is 0 Å². The number of carboxylic acid groups (broad SMARTS) is 1. The predicted octanol–water partition coefficient (Wildman–Crippen LogP) is 2.11. The van der Waals surface area contributed by atoms with Crippen molar-refractivity contribution in [2.24, 2.45) is 0 Å². The van der Waals surface area contributed by atoms with E-state index in [0.29, 0.717) is 6.54 Å². The first kappa shape index (κ1) is 15.1. The van der Waals surface area contributed by atoms with Crippen molar-refractivity contribution in [1.82, 2.24) is 4.90 Å². The fourth-order valence-electron chi connectivity index (χ4n) is 1.88. The summed E-state index contributed by atoms with van der Waals surface area (Å²) in [5.74, 6) is 0.968. The average Bonchev–Trinajstić information content (AvgIpc) is 2.48. The Morgan fingerprint density at radius 3 is 3.00 bits per heavy atom. The zero-order valence-electron chi connectivity index (χ0n) is 10.1. The SMILES string of the molecule is COc1ccc2c(c1)CN(CC(=O)O)CCS2.Cl. The van der Waals surface area contributed by atoms with Crippen molar-refractivity contribution in [3.05, 3.63) is 23.8 Å². The Morgan fingerprint density at radius 2 is 2.33 bits per heavy atom. The molecule has 0 aromatic heterocycles. The van der Waals surface area contributed by atoms with Crippen LogP contribution < -0.4 is 4.74 Å². The molecular weight excluding hydrogens is 274 g/mol. The number of fused-ring (bicyclic) bond motifs is 1. The Balaban J connectivity index is 0.00000162. The molecule has 6 heteroatoms. The Hall–Kier alpha value is -0.910. The number of rotatable bonds is 3. The molecule has 18 heavy (non-hydrogen) atoms. The van der Waals surface area contributed by atoms with E-state index in [1.807, 2.05) is 23.1 Å². The number of carbonyl (C=O) groups is 1. The second kappa shape index (κ2) is 6.87. The fourth-order valence-corrected chi connectivity index (χ4v) is 2.92. The average molecular weight is 290 g/mol. The van der Waals surface area contributed by atoms with Crippen molar-refractivity contribution in [2.45, 2.75) is 11.4 Å². The number of nitrogens with zero attached hydrogens (tertiary/aromatic N) is 1. The highest BCUT2D eigenvalue weighted by molar-refractivity contribution is 7.99. The molecule has 0 radical (unpaired) electrons. The van der Waals surface area contributed by atoms with Gasteiger partial charge in [0.25, 0.3) is 0 Å². The summed E-state index contributed by atoms with van der Waals surface area (Å²) in [5.41, 5.74) is 1.15. The fraction of sp³-hybridized carbons (Fsp3) is 0.417. The van der Waals surface area contributed by atoms with Crippen LogP contribution in [0.15, 0.2) is 23.1 Å². The molecular formula is C12H16ClNO3S. The molecule has 2 rings (SSSR count). The largest absolute Gasteiger partial charge is 0.497 e. The van der Waals surface area contributed by atoms with Gasteiger partial charge in [0.1, 0.15) is 5.75 Å². The molecule has 0 saturated carbocycles. The van der Waals surface area contributed by atoms with E-state index in [-0.39, 0.29) is 19.0 Å². The van der Waals surface area contributed by atoms with Gasteiger partial charge >= 0.3 is 5.97 Å². The van der Waals surface area contributed by atoms with E-state index in [1.165, 1.54) is 4.90 Å². The highest BCUT2D eigenvalue weighted by atomic mass is 35.5. The number of aliphatic carboxylic acids is 1. The van der Waals surface area contributed by atoms with Gasteiger partial charge in [0.15, 0.2) is 0 Å². The minimum atomic E-state index is -0.777. The van der Waals surface area contributed by atoms with Crippen LogP contribution in [-0.2, 0) is 11.3 Å². The zero-order chi connectivity index (χ0) is 12.3. The molecule has 0 unspecified atom stereocenters. The molecule has 1 aliphatic rings. The van der Waals surface area contributed by atoms with Crippen LogP contribution in [0.4, 0.5) is 0 Å². The molecule has 0 amide bonds. The minimum Gasteiger partial charge on any atom is -0.497 e. The maximum atomic E-state index is 10.7. The van der Waals surface area contributed by atoms with Crippen LogP contribution in [0.25, 0.3) is 0 Å². The van der Waals surface area contributed by atoms with Gasteiger partial charge in [-0.25, -0.2) is 0 Å². The van der Waals surface area contributed by atoms with E-state index in [1.54, 1.807) is 18.9 Å². The minimum absolute atomic E-state index is 0. The lowest BCUT2D eigenvalue weighted by atomic mass is 10.2. The molecule has 1 heterocycles. The normalized spacial score (nSPS) is 15.2. The summed E-state index contributed by atoms with van der Waals surface area (Å²) in [7, 11) is 1.64. The smallest absolute Gasteiger partial charge is 0.317 e. The Kier molecular flexibility index (Phi) is 5.78. The summed E-state index contributed by atoms with van der Waals surface area (Å²) in [6, 6.07) is 5.98. The lowest BCUT2D eigenvalue weighted by Crippen LogP contribution is -2.30. The standard InChI is InChI=1S/C12H15NO3S.ClH/c1-16-10-2-3-11-9(6-10)7-13(4-5-17-11)8-12(14)15;/h2-3,6H,4-5,7-8H2,1H3,(H,14,15);1H. The van der Waals surface area contributed by atoms with Gasteiger partial charge in [-0.1, -0.05) is 0 Å². The third kappa shape index (κ3) is 3.80. The quantitative estimate of drug-likeness (QED) is 0.923. The second-order valence-corrected chi connectivity index (χ2v) is 5.06. The van der Waals surface area contributed by atoms with Crippen LogP contribution in [-0.4, -0.2) is 41.9 Å². The summed E-state index contributed by atoms with van der Waals surface area (Å²) in [6.07, 6.45) is 0. The van der Waals surface area contributed by atoms with Gasteiger partial charge in [-0.2, -0.15) is 0 Å². The van der Waals surface area contributed by atoms with E-state index in [0.717, 1.165) is 23.6 Å². The zero-order valence-corrected chi connectivity index (χ0v) is 11.7. The monoisotopic (exact) mass is 289 g/mol. The molecule has 0 bridgehead atoms. The third-order valence-electron chi connectivity index (χ3n) is 2.69. The van der Waals surface area contributed by atoms with Crippen molar-refractivity contribution in [3.8, 4) is 5.75 Å². The summed E-state index contributed by atoms with van der Waals surface area (Å²) >= 11 is 1.77. The molecule has 4 nitrogen and oxygen atoms in total. The van der Waals surface area contributed by atoms with Crippen LogP contribution in [0.5, 0.6) is 5.75 Å². The van der Waals surface area contributed by atoms with E-state index < -0.39 is 5.97 Å². The molecule has 0 atom stereocenters. The van der Waals surface area contributed by atoms with Crippen LogP contribution in [0.3, 0.4) is 0 Å². The number of hydrogen-bond acceptors (Lipinski definition) is 4. The number of halogens is 1. The lowest BCUT2D eigenvalue weighted by Gasteiger charge is -2.17. The van der Waals surface area contributed by atoms with E-state index in [9.17, 15) is 4.79 Å². The predicted molar refractivity (Wildman–Crippen MR) is 73.9 cm³/mol. The van der Waals surface area contributed by atoms with Gasteiger partial charge in [-0.05, 0) is 23.8 Å². The molecule has 0 saturated heterocycles. The molecule has 1 aromatic rings. The van der Waals surface area contributed by atoms with Gasteiger partial charge in [0, 0.05) is 23.7 Å². The van der Waals surface area contributed by atoms with Gasteiger partial charge in [-0.3, -0.25) is 9.69 Å². The van der Waals surface area contributed by atoms with E-state index >= 15 is 0 Å². The highest BCUT2D eigenvalue weighted by Crippen LogP contribution is 2.30. The molecule has 1 aromatic carbocycles. The number of hydrogen-bond donors (Lipinski definition) is 1. The van der Waals surface area contributed by atoms with Crippen molar-refractivity contribution in [3.63, 3.8) is 0 Å². The van der Waals surface area contributed by atoms with Crippen LogP contribution in [0.2, 0.25) is 0 Å². The topological polar surface area (TPSA) is 49.8 Å². The van der Waals surface area contributed by atoms with Crippen molar-refractivity contribution in [2.75, 3.05) is 26.0 Å². The Bertz CT molecular complexity index is 428. The first-order chi connectivity index (χ1) is 8.19. The Morgan fingerprint density at radius 1 is 1.56 bits per heavy atom. The number of benzene rings is 1. The number of ether oxygens (including phenoxy) is 1. The second-order valence-electron chi connectivity index (χ2n) is 3.93. The summed E-state index contributed by atoms with van der Waals surface area (Å²) < 4.78 is 5.19. The maximum absolute atomic E-state index is 10.7. The summed E-state index contributed by atoms with van der Waals surface area (Å²) in [6.45, 7) is 1.57. The third-order valence-corrected chi connectivity index (χ3v) is 3.78. The summed E-state index contributed by atoms with van der Waals surface area (Å²) in [5, 5.41) is 8.83. The number of thioether (sulfide) groups is 1. The van der Waals surface area contributed by atoms with Crippen molar-refractivity contribution in [1.29, 1.82) is 0 Å². The van der Waals surface area contributed by atoms with E-state index in [4.69, 9.17) is 9.84 Å². The maximum Gasteiger partial charge on any atom is 0.317 e. The Labute approximate surface area is 117 Å². The highest BCUT2D eigenvalue weighted by Gasteiger charge is 2.17. The first-order valence-corrected chi connectivity index (χ1v) is 6.41. The van der Waals surface area contributed by atoms with Crippen molar-refractivity contribution < 1.29 is 14.6 Å². The molecule has 1 aliphatic heterocycles. The summed E-state index contributed by atoms with van der Waals surface area (Å²) in [4.78, 5) is 13.9. The van der Waals surface area contributed by atoms with E-state index in [2.05, 4.69) is 0 Å². The van der Waals surface area contributed by atoms with Gasteiger partial charge < -0.3 is 9.84 Å².